The molecule has 1 aliphatic rings. The van der Waals surface area contributed by atoms with Crippen LogP contribution in [0.2, 0.25) is 0 Å². The first kappa shape index (κ1) is 16.6. The normalized spacial score (nSPS) is 14.3. The van der Waals surface area contributed by atoms with Crippen LogP contribution in [0.1, 0.15) is 16.7 Å². The van der Waals surface area contributed by atoms with Gasteiger partial charge in [-0.1, -0.05) is 30.3 Å². The summed E-state index contributed by atoms with van der Waals surface area (Å²) >= 11 is 0. The van der Waals surface area contributed by atoms with Crippen molar-refractivity contribution in [3.8, 4) is 22.6 Å². The van der Waals surface area contributed by atoms with E-state index < -0.39 is 0 Å². The molecule has 0 bridgehead atoms. The number of nitrogens with zero attached hydrogens (tertiary/aromatic N) is 2. The van der Waals surface area contributed by atoms with Crippen molar-refractivity contribution in [1.82, 2.24) is 9.88 Å². The van der Waals surface area contributed by atoms with E-state index in [2.05, 4.69) is 41.1 Å². The highest BCUT2D eigenvalue weighted by Gasteiger charge is 2.20. The van der Waals surface area contributed by atoms with E-state index in [1.807, 2.05) is 24.4 Å². The molecule has 132 valence electrons. The van der Waals surface area contributed by atoms with Gasteiger partial charge in [-0.2, -0.15) is 0 Å². The molecular formula is C22H22N2O2. The van der Waals surface area contributed by atoms with Gasteiger partial charge in [0.1, 0.15) is 6.61 Å². The lowest BCUT2D eigenvalue weighted by atomic mass is 9.98. The molecule has 2 aromatic carbocycles. The number of phenols is 1. The average molecular weight is 346 g/mol. The van der Waals surface area contributed by atoms with Gasteiger partial charge in [0.15, 0.2) is 11.5 Å². The summed E-state index contributed by atoms with van der Waals surface area (Å²) in [7, 11) is 0. The molecule has 4 heteroatoms. The third kappa shape index (κ3) is 3.41. The Balaban J connectivity index is 1.67. The second-order valence-electron chi connectivity index (χ2n) is 6.72. The van der Waals surface area contributed by atoms with Crippen molar-refractivity contribution in [1.29, 1.82) is 0 Å². The van der Waals surface area contributed by atoms with Crippen LogP contribution in [0.4, 0.5) is 0 Å². The first-order chi connectivity index (χ1) is 12.7. The summed E-state index contributed by atoms with van der Waals surface area (Å²) in [4.78, 5) is 6.52. The molecule has 4 rings (SSSR count). The van der Waals surface area contributed by atoms with Crippen molar-refractivity contribution in [2.75, 3.05) is 13.2 Å². The Labute approximate surface area is 153 Å². The molecule has 0 aliphatic carbocycles. The number of aromatic nitrogens is 1. The summed E-state index contributed by atoms with van der Waals surface area (Å²) in [6.45, 7) is 5.00. The van der Waals surface area contributed by atoms with Crippen molar-refractivity contribution < 1.29 is 9.84 Å². The molecule has 3 aromatic rings. The van der Waals surface area contributed by atoms with E-state index in [1.165, 1.54) is 11.1 Å². The van der Waals surface area contributed by atoms with Crippen LogP contribution >= 0.6 is 0 Å². The second kappa shape index (κ2) is 7.18. The van der Waals surface area contributed by atoms with Crippen LogP contribution in [0, 0.1) is 6.92 Å². The van der Waals surface area contributed by atoms with Gasteiger partial charge in [-0.25, -0.2) is 0 Å². The van der Waals surface area contributed by atoms with E-state index >= 15 is 0 Å². The lowest BCUT2D eigenvalue weighted by Gasteiger charge is -2.19. The summed E-state index contributed by atoms with van der Waals surface area (Å²) < 4.78 is 5.86. The molecule has 1 aromatic heterocycles. The largest absolute Gasteiger partial charge is 0.504 e. The number of hydrogen-bond donors (Lipinski definition) is 1. The molecule has 2 heterocycles. The molecule has 0 saturated carbocycles. The quantitative estimate of drug-likeness (QED) is 0.774. The number of benzene rings is 2. The monoisotopic (exact) mass is 346 g/mol. The number of hydrogen-bond acceptors (Lipinski definition) is 4. The molecule has 1 N–H and O–H groups in total. The minimum atomic E-state index is 0.212. The molecule has 0 fully saturated rings. The highest BCUT2D eigenvalue weighted by molar-refractivity contribution is 5.71. The SMILES string of the molecule is Cc1ccccc1-c1cc(O)c2c(c1)CN(Cc1cccnc1)CCO2. The van der Waals surface area contributed by atoms with E-state index in [0.717, 1.165) is 36.3 Å². The lowest BCUT2D eigenvalue weighted by Crippen LogP contribution is -2.25. The van der Waals surface area contributed by atoms with Crippen molar-refractivity contribution in [3.63, 3.8) is 0 Å². The Morgan fingerprint density at radius 1 is 1.15 bits per heavy atom. The molecule has 0 saturated heterocycles. The number of aryl methyl sites for hydroxylation is 1. The lowest BCUT2D eigenvalue weighted by molar-refractivity contribution is 0.217. The van der Waals surface area contributed by atoms with Crippen molar-refractivity contribution in [2.24, 2.45) is 0 Å². The predicted molar refractivity (Wildman–Crippen MR) is 102 cm³/mol. The van der Waals surface area contributed by atoms with Gasteiger partial charge >= 0.3 is 0 Å². The molecule has 0 unspecified atom stereocenters. The third-order valence-electron chi connectivity index (χ3n) is 4.78. The molecule has 0 radical (unpaired) electrons. The van der Waals surface area contributed by atoms with Crippen molar-refractivity contribution in [3.05, 3.63) is 77.6 Å². The van der Waals surface area contributed by atoms with E-state index in [0.29, 0.717) is 12.4 Å². The second-order valence-corrected chi connectivity index (χ2v) is 6.72. The van der Waals surface area contributed by atoms with E-state index in [9.17, 15) is 5.11 Å². The van der Waals surface area contributed by atoms with E-state index in [-0.39, 0.29) is 5.75 Å². The summed E-state index contributed by atoms with van der Waals surface area (Å²) in [5.41, 5.74) is 5.54. The van der Waals surface area contributed by atoms with Crippen LogP contribution in [0.15, 0.2) is 60.9 Å². The maximum absolute atomic E-state index is 10.5. The van der Waals surface area contributed by atoms with E-state index in [4.69, 9.17) is 4.74 Å². The van der Waals surface area contributed by atoms with Gasteiger partial charge < -0.3 is 9.84 Å². The summed E-state index contributed by atoms with van der Waals surface area (Å²) in [6.07, 6.45) is 3.69. The van der Waals surface area contributed by atoms with Gasteiger partial charge in [-0.3, -0.25) is 9.88 Å². The van der Waals surface area contributed by atoms with Gasteiger partial charge in [0.2, 0.25) is 0 Å². The van der Waals surface area contributed by atoms with Gasteiger partial charge in [0.05, 0.1) is 0 Å². The fourth-order valence-electron chi connectivity index (χ4n) is 3.49. The maximum Gasteiger partial charge on any atom is 0.165 e. The first-order valence-electron chi connectivity index (χ1n) is 8.86. The number of pyridine rings is 1. The predicted octanol–water partition coefficient (Wildman–Crippen LogP) is 4.16. The zero-order valence-corrected chi connectivity index (χ0v) is 14.9. The van der Waals surface area contributed by atoms with Crippen LogP contribution in [-0.4, -0.2) is 28.1 Å². The Morgan fingerprint density at radius 3 is 2.85 bits per heavy atom. The Kier molecular flexibility index (Phi) is 4.59. The zero-order valence-electron chi connectivity index (χ0n) is 14.9. The Bertz CT molecular complexity index is 909. The first-order valence-corrected chi connectivity index (χ1v) is 8.86. The van der Waals surface area contributed by atoms with Crippen LogP contribution < -0.4 is 4.74 Å². The molecular weight excluding hydrogens is 324 g/mol. The average Bonchev–Trinajstić information content (AvgIpc) is 2.85. The highest BCUT2D eigenvalue weighted by atomic mass is 16.5. The van der Waals surface area contributed by atoms with Gasteiger partial charge in [0.25, 0.3) is 0 Å². The van der Waals surface area contributed by atoms with Gasteiger partial charge in [-0.05, 0) is 47.4 Å². The highest BCUT2D eigenvalue weighted by Crippen LogP contribution is 2.38. The number of aromatic hydroxyl groups is 1. The number of rotatable bonds is 3. The zero-order chi connectivity index (χ0) is 17.9. The number of fused-ring (bicyclic) bond motifs is 1. The third-order valence-corrected chi connectivity index (χ3v) is 4.78. The number of phenolic OH excluding ortho intramolecular Hbond substituents is 1. The maximum atomic E-state index is 10.5. The fraction of sp³-hybridized carbons (Fsp3) is 0.227. The summed E-state index contributed by atoms with van der Waals surface area (Å²) in [6, 6.07) is 16.2. The van der Waals surface area contributed by atoms with Gasteiger partial charge in [0, 0.05) is 37.6 Å². The molecule has 0 atom stereocenters. The van der Waals surface area contributed by atoms with Crippen LogP contribution in [-0.2, 0) is 13.1 Å². The minimum absolute atomic E-state index is 0.212. The van der Waals surface area contributed by atoms with E-state index in [1.54, 1.807) is 12.3 Å². The Hall–Kier alpha value is -2.85. The van der Waals surface area contributed by atoms with Crippen LogP contribution in [0.3, 0.4) is 0 Å². The molecule has 4 nitrogen and oxygen atoms in total. The molecule has 0 spiro atoms. The molecule has 0 amide bonds. The smallest absolute Gasteiger partial charge is 0.165 e. The molecule has 26 heavy (non-hydrogen) atoms. The fourth-order valence-corrected chi connectivity index (χ4v) is 3.49. The summed E-state index contributed by atoms with van der Waals surface area (Å²) in [5.74, 6) is 0.819. The molecule has 1 aliphatic heterocycles. The standard InChI is InChI=1S/C22H22N2O2/c1-16-5-2-3-7-20(16)18-11-19-15-24(14-17-6-4-8-23-13-17)9-10-26-22(19)21(25)12-18/h2-8,11-13,25H,9-10,14-15H2,1H3. The Morgan fingerprint density at radius 2 is 2.04 bits per heavy atom. The number of ether oxygens (including phenoxy) is 1. The van der Waals surface area contributed by atoms with Gasteiger partial charge in [-0.15, -0.1) is 0 Å². The van der Waals surface area contributed by atoms with Crippen molar-refractivity contribution >= 4 is 0 Å². The topological polar surface area (TPSA) is 45.6 Å². The summed E-state index contributed by atoms with van der Waals surface area (Å²) in [5, 5.41) is 10.5. The minimum Gasteiger partial charge on any atom is -0.504 e. The van der Waals surface area contributed by atoms with Crippen molar-refractivity contribution in [2.45, 2.75) is 20.0 Å². The van der Waals surface area contributed by atoms with Crippen LogP contribution in [0.5, 0.6) is 11.5 Å². The van der Waals surface area contributed by atoms with Crippen LogP contribution in [0.25, 0.3) is 11.1 Å².